The maximum absolute atomic E-state index is 12.1. The lowest BCUT2D eigenvalue weighted by Gasteiger charge is -2.03. The van der Waals surface area contributed by atoms with Crippen molar-refractivity contribution in [2.75, 3.05) is 0 Å². The lowest BCUT2D eigenvalue weighted by molar-refractivity contribution is 0.0948. The fourth-order valence-electron chi connectivity index (χ4n) is 2.95. The number of nitrogens with zero attached hydrogens (tertiary/aromatic N) is 1. The zero-order valence-electron chi connectivity index (χ0n) is 14.1. The molecule has 1 amide bonds. The number of fused-ring (bicyclic) bond motifs is 1. The molecule has 7 nitrogen and oxygen atoms in total. The summed E-state index contributed by atoms with van der Waals surface area (Å²) in [6.45, 7) is 2.20. The van der Waals surface area contributed by atoms with Crippen LogP contribution in [0.15, 0.2) is 51.9 Å². The fourth-order valence-corrected chi connectivity index (χ4v) is 2.95. The van der Waals surface area contributed by atoms with Crippen molar-refractivity contribution in [1.82, 2.24) is 15.5 Å². The quantitative estimate of drug-likeness (QED) is 0.752. The van der Waals surface area contributed by atoms with E-state index in [9.17, 15) is 9.59 Å². The van der Waals surface area contributed by atoms with Crippen LogP contribution in [-0.4, -0.2) is 22.2 Å². The van der Waals surface area contributed by atoms with Crippen LogP contribution in [0.4, 0.5) is 0 Å². The van der Waals surface area contributed by atoms with Gasteiger partial charge in [0.2, 0.25) is 0 Å². The summed E-state index contributed by atoms with van der Waals surface area (Å²) >= 11 is 0. The van der Waals surface area contributed by atoms with Gasteiger partial charge < -0.3 is 19.6 Å². The smallest absolute Gasteiger partial charge is 0.260 e. The Kier molecular flexibility index (Phi) is 4.04. The molecule has 2 N–H and O–H groups in total. The first kappa shape index (κ1) is 16.1. The van der Waals surface area contributed by atoms with Gasteiger partial charge in [0.05, 0.1) is 6.54 Å². The summed E-state index contributed by atoms with van der Waals surface area (Å²) in [5.41, 5.74) is 2.23. The zero-order chi connectivity index (χ0) is 18.1. The first-order valence-electron chi connectivity index (χ1n) is 8.31. The standard InChI is InChI=1S/C19H17N3O4/c1-11-7-12-4-5-13(8-16(12)25-11)17-9-14(22-26-17)10-21-19(24)15-3-2-6-20-18(15)23/h2-6,8-9,11H,7,10H2,1H3,(H,20,23)(H,21,24). The molecule has 0 saturated heterocycles. The molecular weight excluding hydrogens is 334 g/mol. The second-order valence-corrected chi connectivity index (χ2v) is 6.23. The number of carbonyl (C=O) groups excluding carboxylic acids is 1. The average Bonchev–Trinajstić information content (AvgIpc) is 3.24. The number of hydrogen-bond donors (Lipinski definition) is 2. The normalized spacial score (nSPS) is 15.3. The number of amides is 1. The molecule has 1 unspecified atom stereocenters. The van der Waals surface area contributed by atoms with Gasteiger partial charge in [-0.15, -0.1) is 0 Å². The minimum absolute atomic E-state index is 0.0566. The largest absolute Gasteiger partial charge is 0.490 e. The van der Waals surface area contributed by atoms with Crippen LogP contribution in [0.3, 0.4) is 0 Å². The Balaban J connectivity index is 1.46. The molecule has 2 aromatic heterocycles. The molecule has 0 saturated carbocycles. The van der Waals surface area contributed by atoms with E-state index >= 15 is 0 Å². The van der Waals surface area contributed by atoms with Crippen LogP contribution in [0.1, 0.15) is 28.5 Å². The van der Waals surface area contributed by atoms with Gasteiger partial charge in [-0.1, -0.05) is 17.3 Å². The van der Waals surface area contributed by atoms with Gasteiger partial charge >= 0.3 is 0 Å². The second-order valence-electron chi connectivity index (χ2n) is 6.23. The Morgan fingerprint density at radius 3 is 3.08 bits per heavy atom. The number of aromatic amines is 1. The first-order chi connectivity index (χ1) is 12.6. The van der Waals surface area contributed by atoms with Crippen molar-refractivity contribution in [2.24, 2.45) is 0 Å². The maximum Gasteiger partial charge on any atom is 0.260 e. The molecule has 132 valence electrons. The lowest BCUT2D eigenvalue weighted by Crippen LogP contribution is -2.28. The van der Waals surface area contributed by atoms with E-state index in [0.29, 0.717) is 11.5 Å². The Bertz CT molecular complexity index is 1020. The molecule has 4 rings (SSSR count). The molecule has 3 aromatic rings. The molecular formula is C19H17N3O4. The van der Waals surface area contributed by atoms with Gasteiger partial charge in [-0.05, 0) is 30.7 Å². The molecule has 0 bridgehead atoms. The number of rotatable bonds is 4. The van der Waals surface area contributed by atoms with Crippen molar-refractivity contribution in [1.29, 1.82) is 0 Å². The van der Waals surface area contributed by atoms with E-state index in [1.165, 1.54) is 17.8 Å². The van der Waals surface area contributed by atoms with Crippen molar-refractivity contribution in [3.63, 3.8) is 0 Å². The molecule has 26 heavy (non-hydrogen) atoms. The number of H-pyrrole nitrogens is 1. The third kappa shape index (κ3) is 3.11. The topological polar surface area (TPSA) is 97.2 Å². The van der Waals surface area contributed by atoms with Gasteiger partial charge in [0.1, 0.15) is 23.1 Å². The summed E-state index contributed by atoms with van der Waals surface area (Å²) in [5, 5.41) is 6.63. The van der Waals surface area contributed by atoms with E-state index < -0.39 is 11.5 Å². The number of benzene rings is 1. The molecule has 1 aliphatic heterocycles. The van der Waals surface area contributed by atoms with Crippen molar-refractivity contribution >= 4 is 5.91 Å². The summed E-state index contributed by atoms with van der Waals surface area (Å²) in [6, 6.07) is 10.8. The van der Waals surface area contributed by atoms with Crippen molar-refractivity contribution in [3.8, 4) is 17.1 Å². The van der Waals surface area contributed by atoms with Crippen LogP contribution in [-0.2, 0) is 13.0 Å². The van der Waals surface area contributed by atoms with Crippen LogP contribution in [0.2, 0.25) is 0 Å². The fraction of sp³-hybridized carbons (Fsp3) is 0.211. The maximum atomic E-state index is 12.1. The van der Waals surface area contributed by atoms with Gasteiger partial charge in [0.15, 0.2) is 5.76 Å². The Labute approximate surface area is 149 Å². The van der Waals surface area contributed by atoms with E-state index in [2.05, 4.69) is 15.5 Å². The third-order valence-corrected chi connectivity index (χ3v) is 4.24. The number of hydrogen-bond acceptors (Lipinski definition) is 5. The highest BCUT2D eigenvalue weighted by molar-refractivity contribution is 5.93. The molecule has 0 radical (unpaired) electrons. The lowest BCUT2D eigenvalue weighted by atomic mass is 10.1. The van der Waals surface area contributed by atoms with Crippen LogP contribution in [0.25, 0.3) is 11.3 Å². The first-order valence-corrected chi connectivity index (χ1v) is 8.31. The molecule has 3 heterocycles. The van der Waals surface area contributed by atoms with E-state index in [1.54, 1.807) is 12.1 Å². The van der Waals surface area contributed by atoms with Crippen LogP contribution >= 0.6 is 0 Å². The highest BCUT2D eigenvalue weighted by Gasteiger charge is 2.20. The summed E-state index contributed by atoms with van der Waals surface area (Å²) in [4.78, 5) is 26.1. The Hall–Kier alpha value is -3.35. The molecule has 1 aromatic carbocycles. The van der Waals surface area contributed by atoms with Crippen LogP contribution in [0.5, 0.6) is 5.75 Å². The predicted molar refractivity (Wildman–Crippen MR) is 94.0 cm³/mol. The van der Waals surface area contributed by atoms with Crippen LogP contribution in [0, 0.1) is 0 Å². The van der Waals surface area contributed by atoms with Gasteiger partial charge in [-0.2, -0.15) is 0 Å². The molecule has 0 fully saturated rings. The minimum Gasteiger partial charge on any atom is -0.490 e. The zero-order valence-corrected chi connectivity index (χ0v) is 14.1. The summed E-state index contributed by atoms with van der Waals surface area (Å²) < 4.78 is 11.1. The number of carbonyl (C=O) groups is 1. The molecule has 1 atom stereocenters. The second kappa shape index (κ2) is 6.51. The molecule has 0 aliphatic carbocycles. The summed E-state index contributed by atoms with van der Waals surface area (Å²) in [7, 11) is 0. The van der Waals surface area contributed by atoms with E-state index in [-0.39, 0.29) is 18.2 Å². The van der Waals surface area contributed by atoms with Crippen molar-refractivity contribution in [3.05, 3.63) is 69.8 Å². The van der Waals surface area contributed by atoms with Gasteiger partial charge in [-0.25, -0.2) is 0 Å². The number of pyridine rings is 1. The molecule has 7 heteroatoms. The van der Waals surface area contributed by atoms with Gasteiger partial charge in [-0.3, -0.25) is 9.59 Å². The average molecular weight is 351 g/mol. The highest BCUT2D eigenvalue weighted by Crippen LogP contribution is 2.33. The van der Waals surface area contributed by atoms with E-state index in [0.717, 1.165) is 17.7 Å². The van der Waals surface area contributed by atoms with Gasteiger partial charge in [0, 0.05) is 24.2 Å². The summed E-state index contributed by atoms with van der Waals surface area (Å²) in [6.07, 6.45) is 2.56. The van der Waals surface area contributed by atoms with Crippen LogP contribution < -0.4 is 15.6 Å². The van der Waals surface area contributed by atoms with E-state index in [1.807, 2.05) is 25.1 Å². The van der Waals surface area contributed by atoms with Gasteiger partial charge in [0.25, 0.3) is 11.5 Å². The minimum atomic E-state index is -0.462. The van der Waals surface area contributed by atoms with E-state index in [4.69, 9.17) is 9.26 Å². The predicted octanol–water partition coefficient (Wildman–Crippen LogP) is 2.28. The number of aromatic nitrogens is 2. The number of ether oxygens (including phenoxy) is 1. The Morgan fingerprint density at radius 2 is 2.23 bits per heavy atom. The third-order valence-electron chi connectivity index (χ3n) is 4.24. The van der Waals surface area contributed by atoms with Crippen molar-refractivity contribution < 1.29 is 14.1 Å². The number of nitrogens with one attached hydrogen (secondary N) is 2. The summed E-state index contributed by atoms with van der Waals surface area (Å²) in [5.74, 6) is 0.999. The van der Waals surface area contributed by atoms with Crippen molar-refractivity contribution in [2.45, 2.75) is 26.0 Å². The Morgan fingerprint density at radius 1 is 1.35 bits per heavy atom. The molecule has 1 aliphatic rings. The monoisotopic (exact) mass is 351 g/mol. The SMILES string of the molecule is CC1Cc2ccc(-c3cc(CNC(=O)c4ccc[nH]c4=O)no3)cc2O1. The highest BCUT2D eigenvalue weighted by atomic mass is 16.5. The molecule has 0 spiro atoms.